The lowest BCUT2D eigenvalue weighted by Gasteiger charge is -2.28. The van der Waals surface area contributed by atoms with Crippen LogP contribution in [0.5, 0.6) is 0 Å². The number of nitrogens with two attached hydrogens (primary N) is 1. The number of hydrogen-bond donors (Lipinski definition) is 2. The summed E-state index contributed by atoms with van der Waals surface area (Å²) in [6, 6.07) is 0.199. The Bertz CT molecular complexity index is 197. The van der Waals surface area contributed by atoms with Gasteiger partial charge in [-0.15, -0.1) is 0 Å². The average Bonchev–Trinajstić information content (AvgIpc) is 2.22. The molecule has 88 valence electrons. The molecule has 1 saturated carbocycles. The fourth-order valence-corrected chi connectivity index (χ4v) is 1.84. The third-order valence-corrected chi connectivity index (χ3v) is 2.85. The number of carbonyl (C=O) groups is 1. The Balaban J connectivity index is 2.18. The van der Waals surface area contributed by atoms with Gasteiger partial charge in [-0.3, -0.25) is 0 Å². The van der Waals surface area contributed by atoms with Crippen LogP contribution < -0.4 is 11.1 Å². The number of hydrogen-bond acceptors (Lipinski definition) is 3. The van der Waals surface area contributed by atoms with Crippen molar-refractivity contribution in [2.24, 2.45) is 5.73 Å². The minimum atomic E-state index is -0.314. The maximum absolute atomic E-state index is 11.3. The molecule has 1 aliphatic rings. The summed E-state index contributed by atoms with van der Waals surface area (Å²) >= 11 is 0. The first-order valence-corrected chi connectivity index (χ1v) is 5.93. The molecule has 0 bridgehead atoms. The quantitative estimate of drug-likeness (QED) is 0.701. The average molecular weight is 214 g/mol. The van der Waals surface area contributed by atoms with Crippen molar-refractivity contribution < 1.29 is 9.53 Å². The lowest BCUT2D eigenvalue weighted by Crippen LogP contribution is -2.49. The van der Waals surface area contributed by atoms with E-state index in [4.69, 9.17) is 10.5 Å². The summed E-state index contributed by atoms with van der Waals surface area (Å²) in [7, 11) is 0. The van der Waals surface area contributed by atoms with Crippen LogP contribution in [-0.4, -0.2) is 24.8 Å². The highest BCUT2D eigenvalue weighted by atomic mass is 16.5. The van der Waals surface area contributed by atoms with Gasteiger partial charge >= 0.3 is 6.09 Å². The van der Waals surface area contributed by atoms with Crippen LogP contribution in [0.15, 0.2) is 0 Å². The molecule has 4 nitrogen and oxygen atoms in total. The van der Waals surface area contributed by atoms with E-state index >= 15 is 0 Å². The molecule has 0 radical (unpaired) electrons. The molecule has 0 unspecified atom stereocenters. The van der Waals surface area contributed by atoms with Crippen LogP contribution in [-0.2, 0) is 4.74 Å². The molecular formula is C11H22N2O2. The van der Waals surface area contributed by atoms with Crippen molar-refractivity contribution in [2.75, 3.05) is 6.61 Å². The third-order valence-electron chi connectivity index (χ3n) is 2.85. The Morgan fingerprint density at radius 3 is 2.87 bits per heavy atom. The van der Waals surface area contributed by atoms with Crippen LogP contribution in [0.25, 0.3) is 0 Å². The van der Waals surface area contributed by atoms with E-state index < -0.39 is 0 Å². The summed E-state index contributed by atoms with van der Waals surface area (Å²) in [5.41, 5.74) is 5.91. The van der Waals surface area contributed by atoms with Crippen LogP contribution in [0, 0.1) is 0 Å². The van der Waals surface area contributed by atoms with E-state index in [-0.39, 0.29) is 18.2 Å². The summed E-state index contributed by atoms with van der Waals surface area (Å²) in [5.74, 6) is 0. The number of rotatable bonds is 4. The van der Waals surface area contributed by atoms with Crippen LogP contribution >= 0.6 is 0 Å². The van der Waals surface area contributed by atoms with Gasteiger partial charge in [0.1, 0.15) is 0 Å². The predicted octanol–water partition coefficient (Wildman–Crippen LogP) is 1.78. The predicted molar refractivity (Wildman–Crippen MR) is 59.6 cm³/mol. The van der Waals surface area contributed by atoms with Crippen LogP contribution in [0.2, 0.25) is 0 Å². The van der Waals surface area contributed by atoms with Gasteiger partial charge in [-0.2, -0.15) is 0 Å². The summed E-state index contributed by atoms with van der Waals surface area (Å²) in [6.07, 6.45) is 5.94. The summed E-state index contributed by atoms with van der Waals surface area (Å²) < 4.78 is 5.03. The zero-order valence-electron chi connectivity index (χ0n) is 9.50. The molecule has 0 spiro atoms. The number of ether oxygens (including phenoxy) is 1. The van der Waals surface area contributed by atoms with E-state index in [9.17, 15) is 4.79 Å². The van der Waals surface area contributed by atoms with Crippen LogP contribution in [0.4, 0.5) is 4.79 Å². The molecule has 1 aliphatic carbocycles. The molecule has 0 aliphatic heterocycles. The van der Waals surface area contributed by atoms with Gasteiger partial charge in [0.05, 0.1) is 6.61 Å². The van der Waals surface area contributed by atoms with Crippen molar-refractivity contribution >= 4 is 6.09 Å². The third kappa shape index (κ3) is 4.51. The van der Waals surface area contributed by atoms with E-state index in [1.807, 2.05) is 0 Å². The van der Waals surface area contributed by atoms with Gasteiger partial charge in [0, 0.05) is 12.1 Å². The lowest BCUT2D eigenvalue weighted by molar-refractivity contribution is 0.136. The van der Waals surface area contributed by atoms with Crippen molar-refractivity contribution in [2.45, 2.75) is 57.5 Å². The lowest BCUT2D eigenvalue weighted by atomic mass is 9.91. The first-order chi connectivity index (χ1) is 7.24. The number of carbonyl (C=O) groups excluding carboxylic acids is 1. The standard InChI is InChI=1S/C11H22N2O2/c1-2-3-8-15-11(14)13-10-7-5-4-6-9(10)12/h9-10H,2-8,12H2,1H3,(H,13,14)/t9-,10+/m1/s1. The van der Waals surface area contributed by atoms with Gasteiger partial charge < -0.3 is 15.8 Å². The van der Waals surface area contributed by atoms with Gasteiger partial charge in [-0.05, 0) is 19.3 Å². The van der Waals surface area contributed by atoms with E-state index in [1.54, 1.807) is 0 Å². The van der Waals surface area contributed by atoms with Crippen molar-refractivity contribution in [3.05, 3.63) is 0 Å². The highest BCUT2D eigenvalue weighted by Crippen LogP contribution is 2.16. The molecule has 4 heteroatoms. The number of alkyl carbamates (subject to hydrolysis) is 1. The molecule has 0 saturated heterocycles. The molecule has 1 rings (SSSR count). The Hall–Kier alpha value is -0.770. The second-order valence-corrected chi connectivity index (χ2v) is 4.19. The first-order valence-electron chi connectivity index (χ1n) is 5.93. The zero-order chi connectivity index (χ0) is 11.1. The zero-order valence-corrected chi connectivity index (χ0v) is 9.50. The first kappa shape index (κ1) is 12.3. The van der Waals surface area contributed by atoms with Crippen molar-refractivity contribution in [1.29, 1.82) is 0 Å². The van der Waals surface area contributed by atoms with Gasteiger partial charge in [0.25, 0.3) is 0 Å². The fourth-order valence-electron chi connectivity index (χ4n) is 1.84. The molecule has 15 heavy (non-hydrogen) atoms. The Morgan fingerprint density at radius 1 is 1.47 bits per heavy atom. The second kappa shape index (κ2) is 6.67. The highest BCUT2D eigenvalue weighted by molar-refractivity contribution is 5.67. The minimum Gasteiger partial charge on any atom is -0.450 e. The molecule has 0 aromatic rings. The van der Waals surface area contributed by atoms with E-state index in [0.29, 0.717) is 6.61 Å². The topological polar surface area (TPSA) is 64.3 Å². The molecule has 2 atom stereocenters. The molecule has 1 fully saturated rings. The second-order valence-electron chi connectivity index (χ2n) is 4.19. The molecular weight excluding hydrogens is 192 g/mol. The monoisotopic (exact) mass is 214 g/mol. The minimum absolute atomic E-state index is 0.0949. The number of nitrogens with one attached hydrogen (secondary N) is 1. The molecule has 0 heterocycles. The summed E-state index contributed by atoms with van der Waals surface area (Å²) in [5, 5.41) is 2.84. The van der Waals surface area contributed by atoms with Crippen molar-refractivity contribution in [1.82, 2.24) is 5.32 Å². The van der Waals surface area contributed by atoms with Crippen molar-refractivity contribution in [3.63, 3.8) is 0 Å². The fraction of sp³-hybridized carbons (Fsp3) is 0.909. The number of unbranched alkanes of at least 4 members (excludes halogenated alkanes) is 1. The Kier molecular flexibility index (Phi) is 5.47. The van der Waals surface area contributed by atoms with Gasteiger partial charge in [-0.1, -0.05) is 26.2 Å². The molecule has 1 amide bonds. The van der Waals surface area contributed by atoms with Gasteiger partial charge in [0.2, 0.25) is 0 Å². The molecule has 3 N–H and O–H groups in total. The smallest absolute Gasteiger partial charge is 0.407 e. The van der Waals surface area contributed by atoms with E-state index in [0.717, 1.165) is 32.1 Å². The van der Waals surface area contributed by atoms with Gasteiger partial charge in [0.15, 0.2) is 0 Å². The van der Waals surface area contributed by atoms with Gasteiger partial charge in [-0.25, -0.2) is 4.79 Å². The largest absolute Gasteiger partial charge is 0.450 e. The summed E-state index contributed by atoms with van der Waals surface area (Å²) in [6.45, 7) is 2.57. The SMILES string of the molecule is CCCCOC(=O)N[C@H]1CCCC[C@H]1N. The summed E-state index contributed by atoms with van der Waals surface area (Å²) in [4.78, 5) is 11.3. The van der Waals surface area contributed by atoms with E-state index in [1.165, 1.54) is 6.42 Å². The molecule has 0 aromatic heterocycles. The molecule has 0 aromatic carbocycles. The Labute approximate surface area is 91.5 Å². The normalized spacial score (nSPS) is 26.0. The highest BCUT2D eigenvalue weighted by Gasteiger charge is 2.23. The van der Waals surface area contributed by atoms with Crippen LogP contribution in [0.1, 0.15) is 45.4 Å². The van der Waals surface area contributed by atoms with E-state index in [2.05, 4.69) is 12.2 Å². The number of amides is 1. The Morgan fingerprint density at radius 2 is 2.20 bits per heavy atom. The maximum atomic E-state index is 11.3. The maximum Gasteiger partial charge on any atom is 0.407 e. The van der Waals surface area contributed by atoms with Crippen LogP contribution in [0.3, 0.4) is 0 Å². The van der Waals surface area contributed by atoms with Crippen molar-refractivity contribution in [3.8, 4) is 0 Å².